The van der Waals surface area contributed by atoms with Crippen LogP contribution in [0.5, 0.6) is 0 Å². The minimum atomic E-state index is -0.135. The zero-order valence-electron chi connectivity index (χ0n) is 12.1. The Bertz CT molecular complexity index is 495. The van der Waals surface area contributed by atoms with E-state index in [0.29, 0.717) is 11.3 Å². The summed E-state index contributed by atoms with van der Waals surface area (Å²) < 4.78 is 0. The number of hydrogen-bond acceptors (Lipinski definition) is 2. The van der Waals surface area contributed by atoms with Crippen LogP contribution in [0.25, 0.3) is 0 Å². The number of amides is 2. The summed E-state index contributed by atoms with van der Waals surface area (Å²) >= 11 is 0. The van der Waals surface area contributed by atoms with Crippen LogP contribution in [0.15, 0.2) is 24.3 Å². The molecule has 2 rings (SSSR count). The minimum Gasteiger partial charge on any atom is -0.350 e. The average Bonchev–Trinajstić information content (AvgIpc) is 2.36. The van der Waals surface area contributed by atoms with Gasteiger partial charge in [-0.05, 0) is 38.3 Å². The first-order chi connectivity index (χ1) is 9.61. The van der Waals surface area contributed by atoms with Crippen molar-refractivity contribution in [3.63, 3.8) is 0 Å². The average molecular weight is 274 g/mol. The Morgan fingerprint density at radius 3 is 2.60 bits per heavy atom. The van der Waals surface area contributed by atoms with E-state index in [1.807, 2.05) is 26.0 Å². The number of carbonyl (C=O) groups excluding carboxylic acids is 2. The number of para-hydroxylation sites is 1. The molecule has 1 atom stereocenters. The van der Waals surface area contributed by atoms with E-state index in [1.54, 1.807) is 12.1 Å². The highest BCUT2D eigenvalue weighted by Crippen LogP contribution is 2.28. The van der Waals surface area contributed by atoms with Crippen molar-refractivity contribution in [2.75, 3.05) is 5.32 Å². The molecule has 20 heavy (non-hydrogen) atoms. The van der Waals surface area contributed by atoms with Gasteiger partial charge in [0.2, 0.25) is 5.91 Å². The normalized spacial score (nSPS) is 16.1. The molecule has 4 heteroatoms. The number of rotatable bonds is 5. The third kappa shape index (κ3) is 3.38. The predicted octanol–water partition coefficient (Wildman–Crippen LogP) is 2.95. The van der Waals surface area contributed by atoms with E-state index in [1.165, 1.54) is 0 Å². The van der Waals surface area contributed by atoms with Crippen molar-refractivity contribution in [2.24, 2.45) is 5.92 Å². The highest BCUT2D eigenvalue weighted by atomic mass is 16.2. The van der Waals surface area contributed by atoms with E-state index >= 15 is 0 Å². The van der Waals surface area contributed by atoms with Crippen LogP contribution in [-0.2, 0) is 4.79 Å². The van der Waals surface area contributed by atoms with Gasteiger partial charge in [-0.15, -0.1) is 0 Å². The van der Waals surface area contributed by atoms with Crippen molar-refractivity contribution in [2.45, 2.75) is 45.6 Å². The highest BCUT2D eigenvalue weighted by molar-refractivity contribution is 6.04. The second kappa shape index (κ2) is 6.55. The molecule has 0 aliphatic heterocycles. The Balaban J connectivity index is 2.08. The van der Waals surface area contributed by atoms with Crippen LogP contribution < -0.4 is 10.6 Å². The number of carbonyl (C=O) groups is 2. The summed E-state index contributed by atoms with van der Waals surface area (Å²) in [6.07, 6.45) is 3.90. The molecule has 1 aliphatic carbocycles. The maximum atomic E-state index is 12.2. The molecule has 1 fully saturated rings. The Morgan fingerprint density at radius 2 is 2.00 bits per heavy atom. The SMILES string of the molecule is CC[C@H](C)NC(=O)c1ccccc1NC(=O)C1CCC1. The van der Waals surface area contributed by atoms with E-state index in [4.69, 9.17) is 0 Å². The topological polar surface area (TPSA) is 58.2 Å². The van der Waals surface area contributed by atoms with Gasteiger partial charge in [-0.1, -0.05) is 25.5 Å². The van der Waals surface area contributed by atoms with Gasteiger partial charge >= 0.3 is 0 Å². The van der Waals surface area contributed by atoms with Crippen LogP contribution >= 0.6 is 0 Å². The lowest BCUT2D eigenvalue weighted by Crippen LogP contribution is -2.33. The lowest BCUT2D eigenvalue weighted by atomic mass is 9.85. The van der Waals surface area contributed by atoms with Crippen LogP contribution in [0.4, 0.5) is 5.69 Å². The molecule has 108 valence electrons. The lowest BCUT2D eigenvalue weighted by molar-refractivity contribution is -0.122. The third-order valence-corrected chi connectivity index (χ3v) is 3.90. The Labute approximate surface area is 119 Å². The van der Waals surface area contributed by atoms with Gasteiger partial charge < -0.3 is 10.6 Å². The largest absolute Gasteiger partial charge is 0.350 e. The molecular weight excluding hydrogens is 252 g/mol. The second-order valence-corrected chi connectivity index (χ2v) is 5.45. The first-order valence-electron chi connectivity index (χ1n) is 7.32. The Hall–Kier alpha value is -1.84. The van der Waals surface area contributed by atoms with Crippen molar-refractivity contribution in [1.82, 2.24) is 5.32 Å². The van der Waals surface area contributed by atoms with E-state index in [-0.39, 0.29) is 23.8 Å². The van der Waals surface area contributed by atoms with Gasteiger partial charge in [0.05, 0.1) is 11.3 Å². The molecule has 0 unspecified atom stereocenters. The second-order valence-electron chi connectivity index (χ2n) is 5.45. The van der Waals surface area contributed by atoms with Gasteiger partial charge in [0.1, 0.15) is 0 Å². The Morgan fingerprint density at radius 1 is 1.30 bits per heavy atom. The lowest BCUT2D eigenvalue weighted by Gasteiger charge is -2.24. The molecule has 1 aliphatic rings. The summed E-state index contributed by atoms with van der Waals surface area (Å²) in [6, 6.07) is 7.29. The van der Waals surface area contributed by atoms with Crippen molar-refractivity contribution in [1.29, 1.82) is 0 Å². The summed E-state index contributed by atoms with van der Waals surface area (Å²) in [6.45, 7) is 3.99. The highest BCUT2D eigenvalue weighted by Gasteiger charge is 2.26. The van der Waals surface area contributed by atoms with Crippen LogP contribution in [-0.4, -0.2) is 17.9 Å². The van der Waals surface area contributed by atoms with E-state index < -0.39 is 0 Å². The number of benzene rings is 1. The van der Waals surface area contributed by atoms with Gasteiger partial charge in [-0.3, -0.25) is 9.59 Å². The van der Waals surface area contributed by atoms with E-state index in [2.05, 4.69) is 10.6 Å². The summed E-state index contributed by atoms with van der Waals surface area (Å²) in [5, 5.41) is 5.81. The Kier molecular flexibility index (Phi) is 4.77. The molecular formula is C16H22N2O2. The van der Waals surface area contributed by atoms with Crippen LogP contribution in [0.3, 0.4) is 0 Å². The first-order valence-corrected chi connectivity index (χ1v) is 7.32. The van der Waals surface area contributed by atoms with Crippen LogP contribution in [0.2, 0.25) is 0 Å². The van der Waals surface area contributed by atoms with Gasteiger partial charge in [-0.2, -0.15) is 0 Å². The first kappa shape index (κ1) is 14.6. The van der Waals surface area contributed by atoms with Crippen LogP contribution in [0, 0.1) is 5.92 Å². The fraction of sp³-hybridized carbons (Fsp3) is 0.500. The fourth-order valence-corrected chi connectivity index (χ4v) is 2.10. The summed E-state index contributed by atoms with van der Waals surface area (Å²) in [5.74, 6) is 0.00424. The minimum absolute atomic E-state index is 0.0278. The maximum Gasteiger partial charge on any atom is 0.253 e. The monoisotopic (exact) mass is 274 g/mol. The van der Waals surface area contributed by atoms with Crippen molar-refractivity contribution >= 4 is 17.5 Å². The standard InChI is InChI=1S/C16H22N2O2/c1-3-11(2)17-16(20)13-9-4-5-10-14(13)18-15(19)12-7-6-8-12/h4-5,9-12H,3,6-8H2,1-2H3,(H,17,20)(H,18,19)/t11-/m0/s1. The summed E-state index contributed by atoms with van der Waals surface area (Å²) in [5.41, 5.74) is 1.13. The molecule has 0 radical (unpaired) electrons. The molecule has 2 amide bonds. The fourth-order valence-electron chi connectivity index (χ4n) is 2.10. The molecule has 1 saturated carbocycles. The number of hydrogen-bond donors (Lipinski definition) is 2. The van der Waals surface area contributed by atoms with Crippen molar-refractivity contribution in [3.8, 4) is 0 Å². The van der Waals surface area contributed by atoms with Gasteiger partial charge in [0.15, 0.2) is 0 Å². The van der Waals surface area contributed by atoms with Crippen LogP contribution in [0.1, 0.15) is 49.9 Å². The van der Waals surface area contributed by atoms with E-state index in [0.717, 1.165) is 25.7 Å². The van der Waals surface area contributed by atoms with Crippen molar-refractivity contribution < 1.29 is 9.59 Å². The molecule has 4 nitrogen and oxygen atoms in total. The summed E-state index contributed by atoms with van der Waals surface area (Å²) in [7, 11) is 0. The quantitative estimate of drug-likeness (QED) is 0.867. The molecule has 0 saturated heterocycles. The molecule has 0 bridgehead atoms. The smallest absolute Gasteiger partial charge is 0.253 e. The zero-order valence-corrected chi connectivity index (χ0v) is 12.1. The maximum absolute atomic E-state index is 12.2. The van der Waals surface area contributed by atoms with Crippen molar-refractivity contribution in [3.05, 3.63) is 29.8 Å². The molecule has 1 aromatic rings. The molecule has 0 spiro atoms. The number of nitrogens with one attached hydrogen (secondary N) is 2. The molecule has 1 aromatic carbocycles. The zero-order chi connectivity index (χ0) is 14.5. The van der Waals surface area contributed by atoms with Gasteiger partial charge in [0.25, 0.3) is 5.91 Å². The molecule has 2 N–H and O–H groups in total. The van der Waals surface area contributed by atoms with Gasteiger partial charge in [0, 0.05) is 12.0 Å². The predicted molar refractivity (Wildman–Crippen MR) is 79.6 cm³/mol. The molecule has 0 heterocycles. The van der Waals surface area contributed by atoms with Gasteiger partial charge in [-0.25, -0.2) is 0 Å². The summed E-state index contributed by atoms with van der Waals surface area (Å²) in [4.78, 5) is 24.2. The third-order valence-electron chi connectivity index (χ3n) is 3.90. The van der Waals surface area contributed by atoms with E-state index in [9.17, 15) is 9.59 Å². The molecule has 0 aromatic heterocycles. The number of anilines is 1.